The highest BCUT2D eigenvalue weighted by atomic mass is 28.2. The van der Waals surface area contributed by atoms with Crippen LogP contribution in [-0.2, 0) is 5.04 Å². The molecule has 0 saturated heterocycles. The average Bonchev–Trinajstić information content (AvgIpc) is 2.53. The largest absolute Gasteiger partial charge is 0.103 e. The molecule has 0 amide bonds. The molecule has 2 aromatic carbocycles. The Kier molecular flexibility index (Phi) is 3.70. The molecule has 20 heavy (non-hydrogen) atoms. The van der Waals surface area contributed by atoms with E-state index in [-0.39, 0.29) is 5.04 Å². The van der Waals surface area contributed by atoms with Crippen LogP contribution in [0.25, 0.3) is 10.8 Å². The summed E-state index contributed by atoms with van der Waals surface area (Å²) < 4.78 is 0. The van der Waals surface area contributed by atoms with Gasteiger partial charge in [-0.25, -0.2) is 0 Å². The molecule has 1 aliphatic carbocycles. The van der Waals surface area contributed by atoms with Crippen LogP contribution in [0.15, 0.2) is 79.4 Å². The Labute approximate surface area is 123 Å². The van der Waals surface area contributed by atoms with E-state index >= 15 is 0 Å². The van der Waals surface area contributed by atoms with E-state index in [9.17, 15) is 0 Å². The third kappa shape index (κ3) is 2.30. The first-order chi connectivity index (χ1) is 9.86. The minimum atomic E-state index is 0.143. The van der Waals surface area contributed by atoms with E-state index in [1.807, 2.05) is 6.08 Å². The molecule has 0 nitrogen and oxygen atoms in total. The van der Waals surface area contributed by atoms with Crippen LogP contribution in [0, 0.1) is 0 Å². The molecule has 1 aliphatic rings. The first kappa shape index (κ1) is 13.1. The summed E-state index contributed by atoms with van der Waals surface area (Å²) in [7, 11) is 0.836. The zero-order chi connectivity index (χ0) is 13.8. The molecule has 98 valence electrons. The number of fused-ring (bicyclic) bond motifs is 1. The first-order valence-corrected chi connectivity index (χ1v) is 8.25. The zero-order valence-corrected chi connectivity index (χ0v) is 12.5. The van der Waals surface area contributed by atoms with Gasteiger partial charge in [0.15, 0.2) is 0 Å². The predicted molar refractivity (Wildman–Crippen MR) is 89.3 cm³/mol. The van der Waals surface area contributed by atoms with Crippen molar-refractivity contribution in [1.29, 1.82) is 0 Å². The third-order valence-electron chi connectivity index (χ3n) is 3.90. The van der Waals surface area contributed by atoms with Gasteiger partial charge < -0.3 is 0 Å². The first-order valence-electron chi connectivity index (χ1n) is 7.04. The molecule has 2 aromatic rings. The van der Waals surface area contributed by atoms with Gasteiger partial charge in [-0.3, -0.25) is 0 Å². The number of allylic oxidation sites excluding steroid dienone is 5. The molecule has 0 spiro atoms. The number of rotatable bonds is 4. The van der Waals surface area contributed by atoms with E-state index < -0.39 is 0 Å². The van der Waals surface area contributed by atoms with Crippen molar-refractivity contribution in [1.82, 2.24) is 0 Å². The summed E-state index contributed by atoms with van der Waals surface area (Å²) >= 11 is 0. The van der Waals surface area contributed by atoms with Crippen molar-refractivity contribution in [2.45, 2.75) is 17.5 Å². The van der Waals surface area contributed by atoms with Crippen LogP contribution >= 0.6 is 0 Å². The lowest BCUT2D eigenvalue weighted by molar-refractivity contribution is 0.755. The van der Waals surface area contributed by atoms with Gasteiger partial charge in [0.2, 0.25) is 0 Å². The van der Waals surface area contributed by atoms with E-state index in [1.54, 1.807) is 0 Å². The monoisotopic (exact) mass is 274 g/mol. The van der Waals surface area contributed by atoms with E-state index in [0.717, 1.165) is 22.0 Å². The topological polar surface area (TPSA) is 0 Å². The average molecular weight is 274 g/mol. The van der Waals surface area contributed by atoms with Crippen molar-refractivity contribution < 1.29 is 0 Å². The molecule has 0 heterocycles. The Balaban J connectivity index is 2.16. The summed E-state index contributed by atoms with van der Waals surface area (Å²) in [5, 5.41) is 2.85. The van der Waals surface area contributed by atoms with Crippen molar-refractivity contribution in [2.24, 2.45) is 0 Å². The lowest BCUT2D eigenvalue weighted by Crippen LogP contribution is -2.31. The summed E-state index contributed by atoms with van der Waals surface area (Å²) in [6.07, 6.45) is 12.2. The maximum atomic E-state index is 3.90. The van der Waals surface area contributed by atoms with Crippen LogP contribution in [0.3, 0.4) is 0 Å². The summed E-state index contributed by atoms with van der Waals surface area (Å²) in [5.74, 6) is 0. The Morgan fingerprint density at radius 3 is 2.75 bits per heavy atom. The second-order valence-electron chi connectivity index (χ2n) is 5.16. The molecular formula is C19H18Si. The van der Waals surface area contributed by atoms with Gasteiger partial charge in [0.05, 0.1) is 9.52 Å². The number of benzene rings is 2. The standard InChI is InChI=1S/C19H18Si/c1-2-15-20-19(13-6-3-7-14-19)18-12-8-10-16-9-4-5-11-17(16)18/h2-13H,1,14-15H2. The Morgan fingerprint density at radius 1 is 1.10 bits per heavy atom. The third-order valence-corrected chi connectivity index (χ3v) is 5.66. The number of hydrogen-bond donors (Lipinski definition) is 0. The summed E-state index contributed by atoms with van der Waals surface area (Å²) in [6.45, 7) is 3.90. The molecule has 0 aromatic heterocycles. The summed E-state index contributed by atoms with van der Waals surface area (Å²) in [6, 6.07) is 16.4. The van der Waals surface area contributed by atoms with E-state index in [4.69, 9.17) is 0 Å². The van der Waals surface area contributed by atoms with Gasteiger partial charge in [0.1, 0.15) is 0 Å². The fourth-order valence-electron chi connectivity index (χ4n) is 2.92. The van der Waals surface area contributed by atoms with Crippen molar-refractivity contribution >= 4 is 20.3 Å². The van der Waals surface area contributed by atoms with Crippen LogP contribution in [0.4, 0.5) is 0 Å². The highest BCUT2D eigenvalue weighted by molar-refractivity contribution is 6.42. The van der Waals surface area contributed by atoms with Crippen molar-refractivity contribution in [3.63, 3.8) is 0 Å². The lowest BCUT2D eigenvalue weighted by atomic mass is 9.87. The van der Waals surface area contributed by atoms with Crippen LogP contribution < -0.4 is 0 Å². The second kappa shape index (κ2) is 5.64. The van der Waals surface area contributed by atoms with Gasteiger partial charge >= 0.3 is 0 Å². The SMILES string of the molecule is C=CC[Si]C1(c2cccc3ccccc23)C=CC=CC1. The minimum Gasteiger partial charge on any atom is -0.103 e. The van der Waals surface area contributed by atoms with Crippen LogP contribution in [0.2, 0.25) is 6.04 Å². The smallest absolute Gasteiger partial charge is 0.0617 e. The predicted octanol–water partition coefficient (Wildman–Crippen LogP) is 4.86. The molecule has 0 bridgehead atoms. The zero-order valence-electron chi connectivity index (χ0n) is 11.5. The van der Waals surface area contributed by atoms with Crippen molar-refractivity contribution in [3.05, 3.63) is 85.0 Å². The van der Waals surface area contributed by atoms with Gasteiger partial charge in [-0.1, -0.05) is 72.8 Å². The van der Waals surface area contributed by atoms with Gasteiger partial charge in [-0.05, 0) is 28.8 Å². The molecular weight excluding hydrogens is 256 g/mol. The van der Waals surface area contributed by atoms with Crippen LogP contribution in [-0.4, -0.2) is 9.52 Å². The highest BCUT2D eigenvalue weighted by Crippen LogP contribution is 2.36. The minimum absolute atomic E-state index is 0.143. The lowest BCUT2D eigenvalue weighted by Gasteiger charge is -2.32. The second-order valence-corrected chi connectivity index (χ2v) is 6.81. The quantitative estimate of drug-likeness (QED) is 0.552. The van der Waals surface area contributed by atoms with E-state index in [2.05, 4.69) is 73.3 Å². The molecule has 0 aliphatic heterocycles. The Hall–Kier alpha value is -1.86. The Bertz CT molecular complexity index is 676. The van der Waals surface area contributed by atoms with Gasteiger partial charge in [0.25, 0.3) is 0 Å². The van der Waals surface area contributed by atoms with Gasteiger partial charge in [0, 0.05) is 5.04 Å². The molecule has 1 atom stereocenters. The summed E-state index contributed by atoms with van der Waals surface area (Å²) in [5.41, 5.74) is 1.45. The molecule has 2 radical (unpaired) electrons. The fourth-order valence-corrected chi connectivity index (χ4v) is 4.31. The molecule has 1 heteroatoms. The van der Waals surface area contributed by atoms with Crippen molar-refractivity contribution in [2.75, 3.05) is 0 Å². The van der Waals surface area contributed by atoms with Crippen molar-refractivity contribution in [3.8, 4) is 0 Å². The van der Waals surface area contributed by atoms with E-state index in [1.165, 1.54) is 16.3 Å². The molecule has 0 saturated carbocycles. The van der Waals surface area contributed by atoms with Gasteiger partial charge in [-0.2, -0.15) is 0 Å². The Morgan fingerprint density at radius 2 is 1.95 bits per heavy atom. The number of hydrogen-bond acceptors (Lipinski definition) is 0. The normalized spacial score (nSPS) is 21.2. The van der Waals surface area contributed by atoms with Gasteiger partial charge in [-0.15, -0.1) is 6.58 Å². The summed E-state index contributed by atoms with van der Waals surface area (Å²) in [4.78, 5) is 0. The molecule has 0 N–H and O–H groups in total. The highest BCUT2D eigenvalue weighted by Gasteiger charge is 2.30. The maximum Gasteiger partial charge on any atom is 0.0617 e. The molecule has 0 fully saturated rings. The van der Waals surface area contributed by atoms with Crippen LogP contribution in [0.5, 0.6) is 0 Å². The maximum absolute atomic E-state index is 3.90. The molecule has 3 rings (SSSR count). The van der Waals surface area contributed by atoms with Crippen LogP contribution in [0.1, 0.15) is 12.0 Å². The van der Waals surface area contributed by atoms with E-state index in [0.29, 0.717) is 0 Å². The fraction of sp³-hybridized carbons (Fsp3) is 0.158. The molecule has 1 unspecified atom stereocenters.